The van der Waals surface area contributed by atoms with Crippen molar-refractivity contribution in [2.75, 3.05) is 26.2 Å². The van der Waals surface area contributed by atoms with Crippen LogP contribution in [-0.2, 0) is 6.54 Å². The summed E-state index contributed by atoms with van der Waals surface area (Å²) in [5.41, 5.74) is 1.09. The van der Waals surface area contributed by atoms with E-state index in [2.05, 4.69) is 10.6 Å². The van der Waals surface area contributed by atoms with Gasteiger partial charge in [0.1, 0.15) is 0 Å². The molecule has 0 unspecified atom stereocenters. The summed E-state index contributed by atoms with van der Waals surface area (Å²) in [6.07, 6.45) is 1.91. The first-order valence-corrected chi connectivity index (χ1v) is 7.85. The maximum atomic E-state index is 12.3. The summed E-state index contributed by atoms with van der Waals surface area (Å²) in [5.74, 6) is 0. The highest BCUT2D eigenvalue weighted by molar-refractivity contribution is 5.77. The Labute approximate surface area is 130 Å². The Morgan fingerprint density at radius 3 is 2.82 bits per heavy atom. The van der Waals surface area contributed by atoms with Gasteiger partial charge in [0.05, 0.1) is 6.04 Å². The molecule has 1 aromatic carbocycles. The monoisotopic (exact) mass is 302 g/mol. The highest BCUT2D eigenvalue weighted by Gasteiger charge is 2.32. The second-order valence-electron chi connectivity index (χ2n) is 5.81. The Balaban J connectivity index is 1.53. The van der Waals surface area contributed by atoms with Gasteiger partial charge in [0.25, 0.3) is 0 Å². The molecule has 0 spiro atoms. The molecule has 0 saturated carbocycles. The van der Waals surface area contributed by atoms with Gasteiger partial charge in [0, 0.05) is 32.7 Å². The molecule has 0 bridgehead atoms. The van der Waals surface area contributed by atoms with Gasteiger partial charge >= 0.3 is 12.1 Å². The van der Waals surface area contributed by atoms with Crippen molar-refractivity contribution in [1.29, 1.82) is 0 Å². The highest BCUT2D eigenvalue weighted by Crippen LogP contribution is 2.17. The quantitative estimate of drug-likeness (QED) is 0.886. The van der Waals surface area contributed by atoms with Crippen LogP contribution in [0.2, 0.25) is 0 Å². The average Bonchev–Trinajstić information content (AvgIpc) is 3.00. The Bertz CT molecular complexity index is 534. The third kappa shape index (κ3) is 3.32. The van der Waals surface area contributed by atoms with Crippen LogP contribution in [0.5, 0.6) is 0 Å². The van der Waals surface area contributed by atoms with E-state index in [-0.39, 0.29) is 18.1 Å². The van der Waals surface area contributed by atoms with Crippen LogP contribution >= 0.6 is 0 Å². The van der Waals surface area contributed by atoms with Crippen molar-refractivity contribution in [2.24, 2.45) is 0 Å². The zero-order chi connectivity index (χ0) is 15.4. The van der Waals surface area contributed by atoms with Crippen LogP contribution in [0.15, 0.2) is 30.3 Å². The largest absolute Gasteiger partial charge is 0.336 e. The lowest BCUT2D eigenvalue weighted by atomic mass is 10.0. The lowest BCUT2D eigenvalue weighted by molar-refractivity contribution is 0.132. The third-order valence-corrected chi connectivity index (χ3v) is 4.30. The van der Waals surface area contributed by atoms with Gasteiger partial charge in [-0.25, -0.2) is 9.59 Å². The first-order chi connectivity index (χ1) is 10.7. The molecule has 6 nitrogen and oxygen atoms in total. The van der Waals surface area contributed by atoms with Crippen molar-refractivity contribution in [2.45, 2.75) is 25.4 Å². The van der Waals surface area contributed by atoms with E-state index in [4.69, 9.17) is 0 Å². The van der Waals surface area contributed by atoms with Crippen LogP contribution in [0.3, 0.4) is 0 Å². The van der Waals surface area contributed by atoms with Crippen LogP contribution < -0.4 is 10.6 Å². The molecule has 2 aliphatic rings. The van der Waals surface area contributed by atoms with E-state index in [9.17, 15) is 9.59 Å². The molecule has 22 heavy (non-hydrogen) atoms. The second-order valence-corrected chi connectivity index (χ2v) is 5.81. The van der Waals surface area contributed by atoms with Crippen LogP contribution in [0.1, 0.15) is 18.4 Å². The number of hydrogen-bond acceptors (Lipinski definition) is 2. The highest BCUT2D eigenvalue weighted by atomic mass is 16.2. The molecule has 0 aliphatic carbocycles. The zero-order valence-corrected chi connectivity index (χ0v) is 12.6. The number of hydrogen-bond donors (Lipinski definition) is 2. The molecular formula is C16H22N4O2. The number of benzene rings is 1. The minimum absolute atomic E-state index is 0.00320. The van der Waals surface area contributed by atoms with Crippen molar-refractivity contribution in [3.63, 3.8) is 0 Å². The number of urea groups is 2. The molecule has 4 amide bonds. The van der Waals surface area contributed by atoms with Crippen LogP contribution in [-0.4, -0.2) is 54.1 Å². The number of nitrogens with zero attached hydrogens (tertiary/aromatic N) is 2. The van der Waals surface area contributed by atoms with E-state index in [0.29, 0.717) is 19.6 Å². The number of carbonyl (C=O) groups is 2. The predicted octanol–water partition coefficient (Wildman–Crippen LogP) is 1.39. The molecule has 3 rings (SSSR count). The zero-order valence-electron chi connectivity index (χ0n) is 12.6. The normalized spacial score (nSPS) is 21.6. The molecule has 0 radical (unpaired) electrons. The summed E-state index contributed by atoms with van der Waals surface area (Å²) in [6.45, 7) is 3.35. The number of carbonyl (C=O) groups excluding carboxylic acids is 2. The fourth-order valence-electron chi connectivity index (χ4n) is 3.11. The van der Waals surface area contributed by atoms with Gasteiger partial charge in [-0.05, 0) is 18.4 Å². The van der Waals surface area contributed by atoms with E-state index in [0.717, 1.165) is 31.5 Å². The third-order valence-electron chi connectivity index (χ3n) is 4.30. The van der Waals surface area contributed by atoms with Crippen molar-refractivity contribution >= 4 is 12.1 Å². The van der Waals surface area contributed by atoms with Crippen molar-refractivity contribution in [3.8, 4) is 0 Å². The summed E-state index contributed by atoms with van der Waals surface area (Å²) in [6, 6.07) is 9.96. The van der Waals surface area contributed by atoms with Crippen molar-refractivity contribution in [3.05, 3.63) is 35.9 Å². The number of nitrogens with one attached hydrogen (secondary N) is 2. The Kier molecular flexibility index (Phi) is 4.46. The Morgan fingerprint density at radius 2 is 2.09 bits per heavy atom. The van der Waals surface area contributed by atoms with Crippen LogP contribution in [0.4, 0.5) is 9.59 Å². The van der Waals surface area contributed by atoms with E-state index in [1.54, 1.807) is 0 Å². The molecular weight excluding hydrogens is 280 g/mol. The summed E-state index contributed by atoms with van der Waals surface area (Å²) >= 11 is 0. The molecule has 1 atom stereocenters. The minimum Gasteiger partial charge on any atom is -0.336 e. The van der Waals surface area contributed by atoms with E-state index in [1.807, 2.05) is 40.1 Å². The summed E-state index contributed by atoms with van der Waals surface area (Å²) in [4.78, 5) is 27.7. The molecule has 2 fully saturated rings. The first kappa shape index (κ1) is 14.7. The molecule has 6 heteroatoms. The molecule has 2 N–H and O–H groups in total. The van der Waals surface area contributed by atoms with Crippen molar-refractivity contribution in [1.82, 2.24) is 20.4 Å². The SMILES string of the molecule is O=C(NCc1ccccc1)N1CCC[C@H](N2CCNC2=O)C1. The first-order valence-electron chi connectivity index (χ1n) is 7.85. The van der Waals surface area contributed by atoms with Crippen molar-refractivity contribution < 1.29 is 9.59 Å². The predicted molar refractivity (Wildman–Crippen MR) is 83.4 cm³/mol. The Hall–Kier alpha value is -2.24. The smallest absolute Gasteiger partial charge is 0.317 e. The molecule has 118 valence electrons. The van der Waals surface area contributed by atoms with Gasteiger partial charge in [-0.1, -0.05) is 30.3 Å². The number of likely N-dealkylation sites (tertiary alicyclic amines) is 1. The summed E-state index contributed by atoms with van der Waals surface area (Å²) in [7, 11) is 0. The number of amides is 4. The van der Waals surface area contributed by atoms with E-state index >= 15 is 0 Å². The number of rotatable bonds is 3. The topological polar surface area (TPSA) is 64.7 Å². The molecule has 1 aromatic rings. The molecule has 2 heterocycles. The fourth-order valence-corrected chi connectivity index (χ4v) is 3.11. The summed E-state index contributed by atoms with van der Waals surface area (Å²) < 4.78 is 0. The van der Waals surface area contributed by atoms with Gasteiger partial charge in [-0.2, -0.15) is 0 Å². The minimum atomic E-state index is -0.0480. The molecule has 2 saturated heterocycles. The fraction of sp³-hybridized carbons (Fsp3) is 0.500. The van der Waals surface area contributed by atoms with Crippen LogP contribution in [0, 0.1) is 0 Å². The Morgan fingerprint density at radius 1 is 1.27 bits per heavy atom. The van der Waals surface area contributed by atoms with Gasteiger partial charge in [0.2, 0.25) is 0 Å². The van der Waals surface area contributed by atoms with Gasteiger partial charge < -0.3 is 20.4 Å². The van der Waals surface area contributed by atoms with Crippen LogP contribution in [0.25, 0.3) is 0 Å². The van der Waals surface area contributed by atoms with Gasteiger partial charge in [0.15, 0.2) is 0 Å². The average molecular weight is 302 g/mol. The van der Waals surface area contributed by atoms with Gasteiger partial charge in [-0.3, -0.25) is 0 Å². The lowest BCUT2D eigenvalue weighted by Crippen LogP contribution is -2.52. The maximum Gasteiger partial charge on any atom is 0.317 e. The second kappa shape index (κ2) is 6.68. The standard InChI is InChI=1S/C16H22N4O2/c21-15(18-11-13-5-2-1-3-6-13)19-9-4-7-14(12-19)20-10-8-17-16(20)22/h1-3,5-6,14H,4,7-12H2,(H,17,22)(H,18,21)/t14-/m0/s1. The number of piperidine rings is 1. The van der Waals surface area contributed by atoms with E-state index in [1.165, 1.54) is 0 Å². The van der Waals surface area contributed by atoms with E-state index < -0.39 is 0 Å². The van der Waals surface area contributed by atoms with Gasteiger partial charge in [-0.15, -0.1) is 0 Å². The lowest BCUT2D eigenvalue weighted by Gasteiger charge is -2.37. The summed E-state index contributed by atoms with van der Waals surface area (Å²) in [5, 5.41) is 5.78. The molecule has 2 aliphatic heterocycles. The molecule has 0 aromatic heterocycles. The maximum absolute atomic E-state index is 12.3.